The van der Waals surface area contributed by atoms with Crippen LogP contribution >= 0.6 is 22.6 Å². The number of amides is 3. The molecule has 0 spiro atoms. The lowest BCUT2D eigenvalue weighted by Gasteiger charge is -2.13. The van der Waals surface area contributed by atoms with E-state index >= 15 is 0 Å². The molecule has 0 aliphatic carbocycles. The second-order valence-corrected chi connectivity index (χ2v) is 6.86. The summed E-state index contributed by atoms with van der Waals surface area (Å²) in [5, 5.41) is 2.76. The highest BCUT2D eigenvalue weighted by molar-refractivity contribution is 14.1. The average molecular weight is 434 g/mol. The number of carbonyl (C=O) groups excluding carboxylic acids is 3. The molecule has 3 rings (SSSR count). The Morgan fingerprint density at radius 1 is 1.04 bits per heavy atom. The maximum atomic E-state index is 12.3. The monoisotopic (exact) mass is 434 g/mol. The van der Waals surface area contributed by atoms with E-state index in [1.165, 1.54) is 0 Å². The summed E-state index contributed by atoms with van der Waals surface area (Å²) in [6.07, 6.45) is 0.0659. The summed E-state index contributed by atoms with van der Waals surface area (Å²) in [4.78, 5) is 37.8. The van der Waals surface area contributed by atoms with Gasteiger partial charge in [-0.25, -0.2) is 0 Å². The van der Waals surface area contributed by atoms with E-state index in [0.717, 1.165) is 14.0 Å². The van der Waals surface area contributed by atoms with Crippen molar-refractivity contribution in [1.82, 2.24) is 4.90 Å². The molecule has 1 aliphatic heterocycles. The van der Waals surface area contributed by atoms with Gasteiger partial charge in [-0.15, -0.1) is 0 Å². The first-order valence-electron chi connectivity index (χ1n) is 7.48. The van der Waals surface area contributed by atoms with Gasteiger partial charge < -0.3 is 5.32 Å². The molecule has 0 atom stereocenters. The minimum absolute atomic E-state index is 0.0659. The number of imide groups is 1. The van der Waals surface area contributed by atoms with Gasteiger partial charge in [0.1, 0.15) is 0 Å². The number of nitrogens with zero attached hydrogens (tertiary/aromatic N) is 1. The van der Waals surface area contributed by atoms with Crippen LogP contribution in [0.4, 0.5) is 5.69 Å². The van der Waals surface area contributed by atoms with Crippen LogP contribution in [0.1, 0.15) is 32.7 Å². The molecule has 0 radical (unpaired) electrons. The normalized spacial score (nSPS) is 13.2. The molecule has 0 unspecified atom stereocenters. The number of hydrogen-bond acceptors (Lipinski definition) is 3. The van der Waals surface area contributed by atoms with Gasteiger partial charge in [0.05, 0.1) is 11.1 Å². The maximum absolute atomic E-state index is 12.3. The summed E-state index contributed by atoms with van der Waals surface area (Å²) in [6.45, 7) is 1.94. The highest BCUT2D eigenvalue weighted by atomic mass is 127. The molecule has 1 heterocycles. The fraction of sp³-hybridized carbons (Fsp3) is 0.167. The summed E-state index contributed by atoms with van der Waals surface area (Å²) in [5.41, 5.74) is 2.44. The Kier molecular flexibility index (Phi) is 4.66. The highest BCUT2D eigenvalue weighted by Crippen LogP contribution is 2.24. The molecule has 122 valence electrons. The summed E-state index contributed by atoms with van der Waals surface area (Å²) in [5.74, 6) is -0.901. The fourth-order valence-electron chi connectivity index (χ4n) is 2.58. The standard InChI is InChI=1S/C18H15IN2O3/c1-11-2-7-14-15(10-11)18(24)21(17(14)23)9-8-16(22)20-13-5-3-12(19)4-6-13/h2-7,10H,8-9H2,1H3,(H,20,22). The van der Waals surface area contributed by atoms with Crippen molar-refractivity contribution >= 4 is 46.0 Å². The van der Waals surface area contributed by atoms with Crippen LogP contribution < -0.4 is 5.32 Å². The second kappa shape index (κ2) is 6.72. The Hall–Kier alpha value is -2.22. The molecule has 1 N–H and O–H groups in total. The largest absolute Gasteiger partial charge is 0.326 e. The molecular weight excluding hydrogens is 419 g/mol. The molecule has 0 aromatic heterocycles. The Morgan fingerprint density at radius 2 is 1.71 bits per heavy atom. The molecule has 0 saturated heterocycles. The molecule has 0 bridgehead atoms. The van der Waals surface area contributed by atoms with Gasteiger partial charge >= 0.3 is 0 Å². The van der Waals surface area contributed by atoms with Crippen LogP contribution in [0.25, 0.3) is 0 Å². The Bertz CT molecular complexity index is 831. The number of carbonyl (C=O) groups is 3. The van der Waals surface area contributed by atoms with E-state index in [9.17, 15) is 14.4 Å². The SMILES string of the molecule is Cc1ccc2c(c1)C(=O)N(CCC(=O)Nc1ccc(I)cc1)C2=O. The van der Waals surface area contributed by atoms with E-state index in [-0.39, 0.29) is 30.7 Å². The Morgan fingerprint density at radius 3 is 2.42 bits per heavy atom. The lowest BCUT2D eigenvalue weighted by Crippen LogP contribution is -2.32. The molecule has 2 aromatic rings. The smallest absolute Gasteiger partial charge is 0.261 e. The maximum Gasteiger partial charge on any atom is 0.261 e. The number of anilines is 1. The van der Waals surface area contributed by atoms with Crippen LogP contribution in [0.2, 0.25) is 0 Å². The molecule has 24 heavy (non-hydrogen) atoms. The predicted octanol–water partition coefficient (Wildman–Crippen LogP) is 3.22. The number of fused-ring (bicyclic) bond motifs is 1. The number of rotatable bonds is 4. The van der Waals surface area contributed by atoms with Gasteiger partial charge in [0.25, 0.3) is 11.8 Å². The third-order valence-corrected chi connectivity index (χ3v) is 4.54. The first-order valence-corrected chi connectivity index (χ1v) is 8.56. The van der Waals surface area contributed by atoms with Crippen molar-refractivity contribution in [3.8, 4) is 0 Å². The molecule has 1 aliphatic rings. The van der Waals surface area contributed by atoms with E-state index in [1.807, 2.05) is 31.2 Å². The van der Waals surface area contributed by atoms with Gasteiger partial charge in [-0.2, -0.15) is 0 Å². The van der Waals surface area contributed by atoms with Gasteiger partial charge in [0, 0.05) is 22.2 Å². The molecule has 0 fully saturated rings. The van der Waals surface area contributed by atoms with Crippen LogP contribution in [0, 0.1) is 10.5 Å². The van der Waals surface area contributed by atoms with Crippen molar-refractivity contribution in [2.75, 3.05) is 11.9 Å². The zero-order valence-electron chi connectivity index (χ0n) is 13.0. The molecule has 0 saturated carbocycles. The minimum atomic E-state index is -0.336. The van der Waals surface area contributed by atoms with E-state index in [2.05, 4.69) is 27.9 Å². The van der Waals surface area contributed by atoms with Crippen molar-refractivity contribution in [3.63, 3.8) is 0 Å². The minimum Gasteiger partial charge on any atom is -0.326 e. The Balaban J connectivity index is 1.63. The van der Waals surface area contributed by atoms with E-state index in [1.54, 1.807) is 18.2 Å². The zero-order valence-corrected chi connectivity index (χ0v) is 15.2. The van der Waals surface area contributed by atoms with Crippen molar-refractivity contribution < 1.29 is 14.4 Å². The van der Waals surface area contributed by atoms with Crippen LogP contribution in [0.15, 0.2) is 42.5 Å². The average Bonchev–Trinajstić information content (AvgIpc) is 2.78. The van der Waals surface area contributed by atoms with Gasteiger partial charge in [-0.3, -0.25) is 19.3 Å². The number of aryl methyl sites for hydroxylation is 1. The molecule has 6 heteroatoms. The number of benzene rings is 2. The fourth-order valence-corrected chi connectivity index (χ4v) is 2.94. The second-order valence-electron chi connectivity index (χ2n) is 5.62. The van der Waals surface area contributed by atoms with E-state index < -0.39 is 0 Å². The number of hydrogen-bond donors (Lipinski definition) is 1. The van der Waals surface area contributed by atoms with Gasteiger partial charge in [0.2, 0.25) is 5.91 Å². The Labute approximate surface area is 153 Å². The quantitative estimate of drug-likeness (QED) is 0.594. The highest BCUT2D eigenvalue weighted by Gasteiger charge is 2.35. The van der Waals surface area contributed by atoms with Gasteiger partial charge in [-0.05, 0) is 65.9 Å². The topological polar surface area (TPSA) is 66.5 Å². The number of halogens is 1. The summed E-state index contributed by atoms with van der Waals surface area (Å²) >= 11 is 2.19. The third-order valence-electron chi connectivity index (χ3n) is 3.82. The third kappa shape index (κ3) is 3.33. The molecule has 5 nitrogen and oxygen atoms in total. The first kappa shape index (κ1) is 16.6. The summed E-state index contributed by atoms with van der Waals surface area (Å²) in [7, 11) is 0. The van der Waals surface area contributed by atoms with Crippen molar-refractivity contribution in [3.05, 3.63) is 62.7 Å². The van der Waals surface area contributed by atoms with Crippen LogP contribution in [0.5, 0.6) is 0 Å². The van der Waals surface area contributed by atoms with Crippen molar-refractivity contribution in [2.24, 2.45) is 0 Å². The number of nitrogens with one attached hydrogen (secondary N) is 1. The predicted molar refractivity (Wildman–Crippen MR) is 99.0 cm³/mol. The lowest BCUT2D eigenvalue weighted by atomic mass is 10.1. The van der Waals surface area contributed by atoms with Crippen molar-refractivity contribution in [1.29, 1.82) is 0 Å². The van der Waals surface area contributed by atoms with Crippen LogP contribution in [0.3, 0.4) is 0 Å². The molecule has 3 amide bonds. The van der Waals surface area contributed by atoms with Crippen molar-refractivity contribution in [2.45, 2.75) is 13.3 Å². The van der Waals surface area contributed by atoms with Gasteiger partial charge in [-0.1, -0.05) is 11.6 Å². The van der Waals surface area contributed by atoms with Crippen LogP contribution in [-0.2, 0) is 4.79 Å². The molecule has 2 aromatic carbocycles. The summed E-state index contributed by atoms with van der Waals surface area (Å²) in [6, 6.07) is 12.6. The summed E-state index contributed by atoms with van der Waals surface area (Å²) < 4.78 is 1.08. The first-order chi connectivity index (χ1) is 11.5. The zero-order chi connectivity index (χ0) is 17.3. The van der Waals surface area contributed by atoms with E-state index in [4.69, 9.17) is 0 Å². The lowest BCUT2D eigenvalue weighted by molar-refractivity contribution is -0.116. The van der Waals surface area contributed by atoms with E-state index in [0.29, 0.717) is 16.8 Å². The van der Waals surface area contributed by atoms with Crippen LogP contribution in [-0.4, -0.2) is 29.2 Å². The molecular formula is C18H15IN2O3. The van der Waals surface area contributed by atoms with Gasteiger partial charge in [0.15, 0.2) is 0 Å².